The molecule has 0 aliphatic carbocycles. The molecule has 0 aliphatic rings. The summed E-state index contributed by atoms with van der Waals surface area (Å²) in [5.41, 5.74) is 0. The lowest BCUT2D eigenvalue weighted by atomic mass is 10.4. The van der Waals surface area contributed by atoms with E-state index in [0.29, 0.717) is 0 Å². The minimum Gasteiger partial charge on any atom is -0.394 e. The summed E-state index contributed by atoms with van der Waals surface area (Å²) in [5.74, 6) is 0. The molecule has 3 heteroatoms. The molecule has 0 radical (unpaired) electrons. The Morgan fingerprint density at radius 2 is 2.33 bits per heavy atom. The van der Waals surface area contributed by atoms with Crippen molar-refractivity contribution < 1.29 is 14.9 Å². The molecule has 0 bridgehead atoms. The molecule has 3 nitrogen and oxygen atoms in total. The summed E-state index contributed by atoms with van der Waals surface area (Å²) in [6.07, 6.45) is 0.772. The van der Waals surface area contributed by atoms with Gasteiger partial charge in [-0.05, 0) is 0 Å². The van der Waals surface area contributed by atoms with Crippen LogP contribution in [0, 0.1) is 0 Å². The molecule has 2 N–H and O–H groups in total. The normalized spacial score (nSPS) is 13.1. The highest BCUT2D eigenvalue weighted by atomic mass is 16.5. The third-order valence-electron chi connectivity index (χ3n) is 0.796. The molecule has 0 aliphatic heterocycles. The maximum Gasteiger partial charge on any atom is 0.0951 e. The molecule has 0 fully saturated rings. The van der Waals surface area contributed by atoms with Crippen LogP contribution >= 0.6 is 0 Å². The Bertz CT molecular complexity index is 72.7. The van der Waals surface area contributed by atoms with Crippen LogP contribution in [-0.2, 0) is 4.74 Å². The van der Waals surface area contributed by atoms with Crippen molar-refractivity contribution in [3.8, 4) is 0 Å². The van der Waals surface area contributed by atoms with Gasteiger partial charge in [0.15, 0.2) is 0 Å². The van der Waals surface area contributed by atoms with E-state index in [1.165, 1.54) is 6.08 Å². The first kappa shape index (κ1) is 8.62. The van der Waals surface area contributed by atoms with E-state index in [1.807, 2.05) is 0 Å². The van der Waals surface area contributed by atoms with Crippen molar-refractivity contribution >= 4 is 0 Å². The average Bonchev–Trinajstić information content (AvgIpc) is 1.89. The maximum absolute atomic E-state index is 8.76. The Balaban J connectivity index is 2.96. The maximum atomic E-state index is 8.76. The summed E-state index contributed by atoms with van der Waals surface area (Å²) in [5, 5.41) is 17.0. The van der Waals surface area contributed by atoms with Gasteiger partial charge in [0.25, 0.3) is 0 Å². The third-order valence-corrected chi connectivity index (χ3v) is 0.796. The molecule has 0 saturated heterocycles. The highest BCUT2D eigenvalue weighted by Gasteiger charge is 1.94. The Labute approximate surface area is 54.6 Å². The summed E-state index contributed by atoms with van der Waals surface area (Å²) in [6.45, 7) is 3.82. The lowest BCUT2D eigenvalue weighted by molar-refractivity contribution is 0.0401. The second-order valence-corrected chi connectivity index (χ2v) is 1.60. The Hall–Kier alpha value is -0.380. The molecule has 0 aromatic carbocycles. The quantitative estimate of drug-likeness (QED) is 0.393. The van der Waals surface area contributed by atoms with Crippen molar-refractivity contribution in [2.24, 2.45) is 0 Å². The summed E-state index contributed by atoms with van der Waals surface area (Å²) >= 11 is 0. The molecule has 0 heterocycles. The third kappa shape index (κ3) is 5.49. The van der Waals surface area contributed by atoms with Crippen LogP contribution in [0.5, 0.6) is 0 Å². The van der Waals surface area contributed by atoms with E-state index >= 15 is 0 Å². The standard InChI is InChI=1S/C6H12O3/c1-2-6(8)5-9-4-3-7/h2,6-8H,1,3-5H2. The molecule has 0 amide bonds. The van der Waals surface area contributed by atoms with Crippen LogP contribution in [0.25, 0.3) is 0 Å². The van der Waals surface area contributed by atoms with Gasteiger partial charge < -0.3 is 14.9 Å². The van der Waals surface area contributed by atoms with Crippen LogP contribution < -0.4 is 0 Å². The van der Waals surface area contributed by atoms with Crippen LogP contribution in [0.1, 0.15) is 0 Å². The lowest BCUT2D eigenvalue weighted by Gasteiger charge is -2.03. The van der Waals surface area contributed by atoms with Crippen LogP contribution in [0.4, 0.5) is 0 Å². The van der Waals surface area contributed by atoms with Crippen LogP contribution in [0.2, 0.25) is 0 Å². The Kier molecular flexibility index (Phi) is 5.51. The number of rotatable bonds is 5. The van der Waals surface area contributed by atoms with E-state index in [2.05, 4.69) is 6.58 Å². The zero-order valence-corrected chi connectivity index (χ0v) is 5.29. The summed E-state index contributed by atoms with van der Waals surface area (Å²) < 4.78 is 4.76. The summed E-state index contributed by atoms with van der Waals surface area (Å²) in [6, 6.07) is 0. The molecular weight excluding hydrogens is 120 g/mol. The zero-order chi connectivity index (χ0) is 7.11. The summed E-state index contributed by atoms with van der Waals surface area (Å²) in [4.78, 5) is 0. The molecule has 0 aromatic rings. The van der Waals surface area contributed by atoms with Crippen LogP contribution in [-0.4, -0.2) is 36.1 Å². The van der Waals surface area contributed by atoms with E-state index in [4.69, 9.17) is 14.9 Å². The van der Waals surface area contributed by atoms with Crippen molar-refractivity contribution in [2.75, 3.05) is 19.8 Å². The lowest BCUT2D eigenvalue weighted by Crippen LogP contribution is -2.13. The van der Waals surface area contributed by atoms with E-state index in [1.54, 1.807) is 0 Å². The van der Waals surface area contributed by atoms with Crippen molar-refractivity contribution in [1.29, 1.82) is 0 Å². The van der Waals surface area contributed by atoms with Gasteiger partial charge in [0, 0.05) is 0 Å². The van der Waals surface area contributed by atoms with Crippen molar-refractivity contribution in [1.82, 2.24) is 0 Å². The molecule has 54 valence electrons. The first-order valence-corrected chi connectivity index (χ1v) is 2.80. The van der Waals surface area contributed by atoms with E-state index in [-0.39, 0.29) is 19.8 Å². The minimum atomic E-state index is -0.614. The largest absolute Gasteiger partial charge is 0.394 e. The smallest absolute Gasteiger partial charge is 0.0951 e. The second-order valence-electron chi connectivity index (χ2n) is 1.60. The van der Waals surface area contributed by atoms with E-state index in [0.717, 1.165) is 0 Å². The van der Waals surface area contributed by atoms with Gasteiger partial charge in [0.1, 0.15) is 0 Å². The predicted octanol–water partition coefficient (Wildman–Crippen LogP) is -0.458. The van der Waals surface area contributed by atoms with Gasteiger partial charge in [-0.25, -0.2) is 0 Å². The monoisotopic (exact) mass is 132 g/mol. The van der Waals surface area contributed by atoms with E-state index in [9.17, 15) is 0 Å². The van der Waals surface area contributed by atoms with Crippen LogP contribution in [0.15, 0.2) is 12.7 Å². The zero-order valence-electron chi connectivity index (χ0n) is 5.29. The molecule has 0 spiro atoms. The van der Waals surface area contributed by atoms with Gasteiger partial charge in [0.2, 0.25) is 0 Å². The SMILES string of the molecule is C=CC(O)COCCO. The fourth-order valence-electron chi connectivity index (χ4n) is 0.337. The van der Waals surface area contributed by atoms with Crippen molar-refractivity contribution in [3.05, 3.63) is 12.7 Å². The Morgan fingerprint density at radius 3 is 2.78 bits per heavy atom. The first-order valence-electron chi connectivity index (χ1n) is 2.80. The van der Waals surface area contributed by atoms with E-state index < -0.39 is 6.10 Å². The topological polar surface area (TPSA) is 49.7 Å². The second kappa shape index (κ2) is 5.75. The average molecular weight is 132 g/mol. The fraction of sp³-hybridized carbons (Fsp3) is 0.667. The number of aliphatic hydroxyl groups excluding tert-OH is 2. The molecule has 0 rings (SSSR count). The first-order chi connectivity index (χ1) is 4.31. The van der Waals surface area contributed by atoms with Crippen molar-refractivity contribution in [2.45, 2.75) is 6.10 Å². The number of hydrogen-bond donors (Lipinski definition) is 2. The fourth-order valence-corrected chi connectivity index (χ4v) is 0.337. The number of aliphatic hydroxyl groups is 2. The van der Waals surface area contributed by atoms with Gasteiger partial charge in [-0.2, -0.15) is 0 Å². The highest BCUT2D eigenvalue weighted by molar-refractivity contribution is 4.76. The van der Waals surface area contributed by atoms with Gasteiger partial charge in [-0.1, -0.05) is 6.08 Å². The number of hydrogen-bond acceptors (Lipinski definition) is 3. The van der Waals surface area contributed by atoms with Gasteiger partial charge in [-0.3, -0.25) is 0 Å². The van der Waals surface area contributed by atoms with Gasteiger partial charge >= 0.3 is 0 Å². The molecule has 0 saturated carbocycles. The molecule has 1 unspecified atom stereocenters. The van der Waals surface area contributed by atoms with Crippen LogP contribution in [0.3, 0.4) is 0 Å². The molecular formula is C6H12O3. The van der Waals surface area contributed by atoms with Crippen molar-refractivity contribution in [3.63, 3.8) is 0 Å². The predicted molar refractivity (Wildman–Crippen MR) is 34.1 cm³/mol. The molecule has 1 atom stereocenters. The van der Waals surface area contributed by atoms with Gasteiger partial charge in [-0.15, -0.1) is 6.58 Å². The highest BCUT2D eigenvalue weighted by Crippen LogP contribution is 1.84. The molecule has 9 heavy (non-hydrogen) atoms. The minimum absolute atomic E-state index is 0.0101. The summed E-state index contributed by atoms with van der Waals surface area (Å²) in [7, 11) is 0. The number of ether oxygens (including phenoxy) is 1. The Morgan fingerprint density at radius 1 is 1.67 bits per heavy atom. The molecule has 0 aromatic heterocycles. The van der Waals surface area contributed by atoms with Gasteiger partial charge in [0.05, 0.1) is 25.9 Å².